The summed E-state index contributed by atoms with van der Waals surface area (Å²) in [6, 6.07) is 0. The van der Waals surface area contributed by atoms with Gasteiger partial charge in [0.1, 0.15) is 0 Å². The standard InChI is InChI=1S/Al.ClH.H2O.O/h;1H;1H2;/q+1;;;/p-1. The average molecular weight is 96.4 g/mol. The summed E-state index contributed by atoms with van der Waals surface area (Å²) >= 11 is -1.50. The minimum atomic E-state index is -1.50. The molecule has 0 aromatic rings. The molecule has 0 aliphatic heterocycles. The molecule has 4 heavy (non-hydrogen) atoms. The van der Waals surface area contributed by atoms with E-state index in [1.165, 1.54) is 0 Å². The van der Waals surface area contributed by atoms with E-state index in [-0.39, 0.29) is 12.4 Å². The van der Waals surface area contributed by atoms with Crippen molar-refractivity contribution in [3.05, 3.63) is 0 Å². The molecule has 0 fully saturated rings. The van der Waals surface area contributed by atoms with Gasteiger partial charge in [0.05, 0.1) is 0 Å². The zero-order valence-corrected chi connectivity index (χ0v) is 3.81. The summed E-state index contributed by atoms with van der Waals surface area (Å²) in [5, 5.41) is 0. The van der Waals surface area contributed by atoms with Gasteiger partial charge in [0, 0.05) is 0 Å². The predicted molar refractivity (Wildman–Crippen MR) is 15.9 cm³/mol. The van der Waals surface area contributed by atoms with Crippen LogP contribution in [0.25, 0.3) is 0 Å². The first-order chi connectivity index (χ1) is 1.41. The third-order valence-electron chi connectivity index (χ3n) is 0. The first kappa shape index (κ1) is 8.83. The van der Waals surface area contributed by atoms with E-state index in [4.69, 9.17) is 7.96 Å². The zero-order chi connectivity index (χ0) is 2.71. The van der Waals surface area contributed by atoms with Gasteiger partial charge >= 0.3 is 23.4 Å². The van der Waals surface area contributed by atoms with Gasteiger partial charge in [-0.3, -0.25) is 0 Å². The molecule has 0 aliphatic rings. The summed E-state index contributed by atoms with van der Waals surface area (Å²) in [5.41, 5.74) is 0. The summed E-state index contributed by atoms with van der Waals surface area (Å²) in [6.07, 6.45) is 0. The van der Waals surface area contributed by atoms with Crippen molar-refractivity contribution in [2.75, 3.05) is 0 Å². The molecule has 0 heterocycles. The van der Waals surface area contributed by atoms with Crippen molar-refractivity contribution in [2.24, 2.45) is 0 Å². The summed E-state index contributed by atoms with van der Waals surface area (Å²) in [4.78, 5) is 0. The summed E-state index contributed by atoms with van der Waals surface area (Å²) < 4.78 is 15.7. The molecule has 1 N–H and O–H groups in total. The van der Waals surface area contributed by atoms with Gasteiger partial charge in [0.15, 0.2) is 0 Å². The third-order valence-corrected chi connectivity index (χ3v) is 0. The van der Waals surface area contributed by atoms with E-state index in [0.29, 0.717) is 0 Å². The Kier molecular flexibility index (Phi) is 21.9. The van der Waals surface area contributed by atoms with Crippen LogP contribution in [0.5, 0.6) is 0 Å². The molecule has 0 unspecified atom stereocenters. The molecule has 0 atom stereocenters. The quantitative estimate of drug-likeness (QED) is 0.408. The van der Waals surface area contributed by atoms with Crippen LogP contribution < -0.4 is 0 Å². The maximum absolute atomic E-state index is 8.57. The number of hydrogen-bond donors (Lipinski definition) is 1. The van der Waals surface area contributed by atoms with Crippen LogP contribution in [0.2, 0.25) is 0 Å². The topological polar surface area (TPSA) is 37.3 Å². The second-order valence-electron chi connectivity index (χ2n) is 0.105. The number of halogens is 1. The van der Waals surface area contributed by atoms with Gasteiger partial charge in [0.25, 0.3) is 0 Å². The molecule has 0 aromatic heterocycles. The first-order valence-corrected chi connectivity index (χ1v) is 1.48. The van der Waals surface area contributed by atoms with Gasteiger partial charge in [-0.05, 0) is 0 Å². The minimum absolute atomic E-state index is 0. The Morgan fingerprint density at radius 3 is 1.75 bits per heavy atom. The Morgan fingerprint density at radius 2 is 1.75 bits per heavy atom. The second-order valence-corrected chi connectivity index (χ2v) is 0.316. The van der Waals surface area contributed by atoms with Crippen molar-refractivity contribution < 1.29 is 7.96 Å². The van der Waals surface area contributed by atoms with Crippen LogP contribution in [0, 0.1) is 0 Å². The first-order valence-electron chi connectivity index (χ1n) is 0.494. The molecule has 0 rings (SSSR count). The Labute approximate surface area is 36.5 Å². The fraction of sp³-hybridized carbons (Fsp3) is 0. The summed E-state index contributed by atoms with van der Waals surface area (Å²) in [6.45, 7) is 0. The third kappa shape index (κ3) is 27.5. The van der Waals surface area contributed by atoms with Crippen molar-refractivity contribution in [3.63, 3.8) is 0 Å². The van der Waals surface area contributed by atoms with Gasteiger partial charge in [-0.15, -0.1) is 12.4 Å². The van der Waals surface area contributed by atoms with Crippen LogP contribution in [0.1, 0.15) is 0 Å². The van der Waals surface area contributed by atoms with Gasteiger partial charge in [-0.2, -0.15) is 0 Å². The Morgan fingerprint density at radius 1 is 1.75 bits per heavy atom. The zero-order valence-electron chi connectivity index (χ0n) is 1.84. The molecule has 0 aliphatic carbocycles. The summed E-state index contributed by atoms with van der Waals surface area (Å²) in [7, 11) is 0. The average Bonchev–Trinajstić information content (AvgIpc) is 0.918. The molecule has 0 radical (unpaired) electrons. The predicted octanol–water partition coefficient (Wildman–Crippen LogP) is -0.635. The van der Waals surface area contributed by atoms with Gasteiger partial charge in [0.2, 0.25) is 0 Å². The van der Waals surface area contributed by atoms with Gasteiger partial charge in [-0.25, -0.2) is 0 Å². The number of hydrogen-bond acceptors (Lipinski definition) is 1. The van der Waals surface area contributed by atoms with Gasteiger partial charge < -0.3 is 0 Å². The van der Waals surface area contributed by atoms with E-state index in [2.05, 4.69) is 0 Å². The van der Waals surface area contributed by atoms with Crippen LogP contribution in [0.15, 0.2) is 0 Å². The molecule has 0 saturated carbocycles. The molecule has 2 nitrogen and oxygen atoms in total. The van der Waals surface area contributed by atoms with Crippen molar-refractivity contribution in [1.82, 2.24) is 0 Å². The molecule has 0 saturated heterocycles. The molecule has 0 bridgehead atoms. The molecule has 0 aromatic carbocycles. The van der Waals surface area contributed by atoms with E-state index >= 15 is 0 Å². The van der Waals surface area contributed by atoms with E-state index < -0.39 is 15.5 Å². The van der Waals surface area contributed by atoms with Crippen molar-refractivity contribution >= 4 is 27.9 Å². The van der Waals surface area contributed by atoms with Gasteiger partial charge in [-0.1, -0.05) is 0 Å². The fourth-order valence-electron chi connectivity index (χ4n) is 0. The van der Waals surface area contributed by atoms with E-state index in [1.807, 2.05) is 0 Å². The van der Waals surface area contributed by atoms with E-state index in [1.54, 1.807) is 0 Å². The van der Waals surface area contributed by atoms with Crippen molar-refractivity contribution in [1.29, 1.82) is 0 Å². The molecule has 0 amide bonds. The Bertz CT molecular complexity index is 13.5. The maximum atomic E-state index is 8.57. The number of rotatable bonds is 0. The molecular formula is H2AlClO2. The summed E-state index contributed by atoms with van der Waals surface area (Å²) in [5.74, 6) is 0. The van der Waals surface area contributed by atoms with Crippen LogP contribution in [-0.2, 0) is 3.80 Å². The van der Waals surface area contributed by atoms with Crippen molar-refractivity contribution in [3.8, 4) is 0 Å². The van der Waals surface area contributed by atoms with Crippen LogP contribution >= 0.6 is 12.4 Å². The Balaban J connectivity index is 0. The SMILES string of the molecule is Cl.[O]=[Al][OH]. The van der Waals surface area contributed by atoms with E-state index in [9.17, 15) is 0 Å². The monoisotopic (exact) mass is 96.0 g/mol. The molecule has 0 spiro atoms. The molecular weight excluding hydrogens is 94.4 g/mol. The van der Waals surface area contributed by atoms with Crippen molar-refractivity contribution in [2.45, 2.75) is 0 Å². The normalized spacial score (nSPS) is 2.00. The molecule has 24 valence electrons. The Hall–Kier alpha value is 0.422. The van der Waals surface area contributed by atoms with Crippen LogP contribution in [0.4, 0.5) is 0 Å². The molecule has 4 heteroatoms. The van der Waals surface area contributed by atoms with Crippen LogP contribution in [-0.4, -0.2) is 19.6 Å². The van der Waals surface area contributed by atoms with Crippen LogP contribution in [0.3, 0.4) is 0 Å². The van der Waals surface area contributed by atoms with E-state index in [0.717, 1.165) is 0 Å². The fourth-order valence-corrected chi connectivity index (χ4v) is 0. The second kappa shape index (κ2) is 9.93.